The van der Waals surface area contributed by atoms with E-state index in [1.807, 2.05) is 20.8 Å². The minimum Gasteiger partial charge on any atom is -0.390 e. The smallest absolute Gasteiger partial charge is 0.245 e. The summed E-state index contributed by atoms with van der Waals surface area (Å²) in [6.45, 7) is 11.5. The standard InChI is InChI=1S/C20H40N4O4/c1-8-11-17(25)22(6)15(12-13-24(9-2)10-3)19(27)23(7)16(18(21)26)14-20(4,5)28/h15-16,28H,8-14H2,1-7H3,(H2,21,26)/t15-,16+/m1/s1. The van der Waals surface area contributed by atoms with Crippen LogP contribution in [-0.4, -0.2) is 88.9 Å². The molecule has 0 heterocycles. The van der Waals surface area contributed by atoms with Crippen LogP contribution in [0.1, 0.15) is 60.3 Å². The molecule has 0 bridgehead atoms. The van der Waals surface area contributed by atoms with E-state index in [4.69, 9.17) is 5.73 Å². The molecule has 3 N–H and O–H groups in total. The number of primary amides is 1. The van der Waals surface area contributed by atoms with E-state index >= 15 is 0 Å². The van der Waals surface area contributed by atoms with Gasteiger partial charge in [-0.1, -0.05) is 20.8 Å². The Bertz CT molecular complexity index is 515. The largest absolute Gasteiger partial charge is 0.390 e. The average Bonchev–Trinajstić information content (AvgIpc) is 2.61. The second-order valence-electron chi connectivity index (χ2n) is 7.97. The highest BCUT2D eigenvalue weighted by Crippen LogP contribution is 2.18. The Kier molecular flexibility index (Phi) is 11.3. The van der Waals surface area contributed by atoms with E-state index in [1.165, 1.54) is 16.8 Å². The van der Waals surface area contributed by atoms with Crippen molar-refractivity contribution in [1.29, 1.82) is 0 Å². The van der Waals surface area contributed by atoms with Gasteiger partial charge in [-0.3, -0.25) is 14.4 Å². The molecule has 0 aromatic rings. The molecule has 8 nitrogen and oxygen atoms in total. The molecule has 0 aromatic carbocycles. The van der Waals surface area contributed by atoms with Crippen molar-refractivity contribution >= 4 is 17.7 Å². The van der Waals surface area contributed by atoms with Crippen LogP contribution in [0.5, 0.6) is 0 Å². The Balaban J connectivity index is 5.60. The fraction of sp³-hybridized carbons (Fsp3) is 0.850. The van der Waals surface area contributed by atoms with E-state index in [0.29, 0.717) is 25.8 Å². The second kappa shape index (κ2) is 12.0. The zero-order valence-electron chi connectivity index (χ0n) is 18.7. The van der Waals surface area contributed by atoms with Gasteiger partial charge in [0.05, 0.1) is 5.60 Å². The normalized spacial score (nSPS) is 13.9. The first-order valence-corrected chi connectivity index (χ1v) is 10.2. The van der Waals surface area contributed by atoms with Gasteiger partial charge in [0.25, 0.3) is 0 Å². The van der Waals surface area contributed by atoms with Crippen molar-refractivity contribution in [1.82, 2.24) is 14.7 Å². The summed E-state index contributed by atoms with van der Waals surface area (Å²) in [7, 11) is 3.14. The van der Waals surface area contributed by atoms with Crippen molar-refractivity contribution in [2.24, 2.45) is 5.73 Å². The quantitative estimate of drug-likeness (QED) is 0.476. The molecule has 28 heavy (non-hydrogen) atoms. The van der Waals surface area contributed by atoms with E-state index in [0.717, 1.165) is 13.1 Å². The third-order valence-corrected chi connectivity index (χ3v) is 5.06. The molecule has 0 unspecified atom stereocenters. The molecule has 0 radical (unpaired) electrons. The van der Waals surface area contributed by atoms with Gasteiger partial charge in [0.1, 0.15) is 12.1 Å². The molecule has 0 aliphatic carbocycles. The molecule has 2 atom stereocenters. The molecule has 8 heteroatoms. The predicted molar refractivity (Wildman–Crippen MR) is 111 cm³/mol. The Labute approximate surface area is 170 Å². The lowest BCUT2D eigenvalue weighted by Gasteiger charge is -2.36. The number of carbonyl (C=O) groups is 3. The highest BCUT2D eigenvalue weighted by Gasteiger charge is 2.36. The van der Waals surface area contributed by atoms with Crippen molar-refractivity contribution in [2.75, 3.05) is 33.7 Å². The van der Waals surface area contributed by atoms with Gasteiger partial charge in [-0.05, 0) is 39.8 Å². The SMILES string of the molecule is CCCC(=O)N(C)[C@H](CCN(CC)CC)C(=O)N(C)[C@@H](CC(C)(C)O)C(N)=O. The number of amides is 3. The number of rotatable bonds is 13. The summed E-state index contributed by atoms with van der Waals surface area (Å²) in [5, 5.41) is 10.1. The van der Waals surface area contributed by atoms with Gasteiger partial charge in [-0.25, -0.2) is 0 Å². The number of carbonyl (C=O) groups excluding carboxylic acids is 3. The number of hydrogen-bond acceptors (Lipinski definition) is 5. The van der Waals surface area contributed by atoms with Gasteiger partial charge in [0, 0.05) is 33.5 Å². The molecule has 0 aliphatic rings. The van der Waals surface area contributed by atoms with Crippen LogP contribution in [0.3, 0.4) is 0 Å². The monoisotopic (exact) mass is 400 g/mol. The number of aliphatic hydroxyl groups is 1. The molecule has 0 spiro atoms. The first-order valence-electron chi connectivity index (χ1n) is 10.2. The zero-order valence-corrected chi connectivity index (χ0v) is 18.7. The Hall–Kier alpha value is -1.67. The molecular weight excluding hydrogens is 360 g/mol. The molecule has 0 aliphatic heterocycles. The van der Waals surface area contributed by atoms with E-state index in [2.05, 4.69) is 4.90 Å². The Morgan fingerprint density at radius 3 is 1.93 bits per heavy atom. The van der Waals surface area contributed by atoms with Gasteiger partial charge >= 0.3 is 0 Å². The van der Waals surface area contributed by atoms with Gasteiger partial charge in [-0.15, -0.1) is 0 Å². The third-order valence-electron chi connectivity index (χ3n) is 5.06. The highest BCUT2D eigenvalue weighted by atomic mass is 16.3. The summed E-state index contributed by atoms with van der Waals surface area (Å²) in [6.07, 6.45) is 1.54. The Morgan fingerprint density at radius 1 is 1.00 bits per heavy atom. The maximum atomic E-state index is 13.2. The number of hydrogen-bond donors (Lipinski definition) is 2. The lowest BCUT2D eigenvalue weighted by atomic mass is 9.97. The fourth-order valence-electron chi connectivity index (χ4n) is 3.18. The number of nitrogens with zero attached hydrogens (tertiary/aromatic N) is 3. The van der Waals surface area contributed by atoms with Crippen LogP contribution in [-0.2, 0) is 14.4 Å². The molecular formula is C20H40N4O4. The van der Waals surface area contributed by atoms with Crippen molar-refractivity contribution in [3.05, 3.63) is 0 Å². The minimum absolute atomic E-state index is 0.0277. The van der Waals surface area contributed by atoms with Crippen LogP contribution < -0.4 is 5.73 Å². The van der Waals surface area contributed by atoms with Crippen molar-refractivity contribution in [3.63, 3.8) is 0 Å². The summed E-state index contributed by atoms with van der Waals surface area (Å²) in [4.78, 5) is 42.6. The summed E-state index contributed by atoms with van der Waals surface area (Å²) in [6, 6.07) is -1.63. The van der Waals surface area contributed by atoms with E-state index < -0.39 is 23.6 Å². The fourth-order valence-corrected chi connectivity index (χ4v) is 3.18. The molecule has 0 saturated heterocycles. The van der Waals surface area contributed by atoms with E-state index in [1.54, 1.807) is 20.9 Å². The zero-order chi connectivity index (χ0) is 22.1. The minimum atomic E-state index is -1.16. The maximum Gasteiger partial charge on any atom is 0.245 e. The lowest BCUT2D eigenvalue weighted by Crippen LogP contribution is -2.56. The van der Waals surface area contributed by atoms with Crippen LogP contribution in [0.2, 0.25) is 0 Å². The van der Waals surface area contributed by atoms with Crippen LogP contribution in [0.4, 0.5) is 0 Å². The van der Waals surface area contributed by atoms with Crippen molar-refractivity contribution < 1.29 is 19.5 Å². The van der Waals surface area contributed by atoms with Gasteiger partial charge in [0.15, 0.2) is 0 Å². The lowest BCUT2D eigenvalue weighted by molar-refractivity contribution is -0.148. The average molecular weight is 401 g/mol. The first-order chi connectivity index (χ1) is 12.9. The molecule has 164 valence electrons. The van der Waals surface area contributed by atoms with Crippen molar-refractivity contribution in [2.45, 2.75) is 78.0 Å². The summed E-state index contributed by atoms with van der Waals surface area (Å²) in [5.41, 5.74) is 4.34. The number of likely N-dealkylation sites (N-methyl/N-ethyl adjacent to an activating group) is 2. The van der Waals surface area contributed by atoms with E-state index in [-0.39, 0.29) is 18.2 Å². The third kappa shape index (κ3) is 8.56. The van der Waals surface area contributed by atoms with Gasteiger partial charge < -0.3 is 25.5 Å². The van der Waals surface area contributed by atoms with Crippen LogP contribution in [0.15, 0.2) is 0 Å². The second-order valence-corrected chi connectivity index (χ2v) is 7.97. The topological polar surface area (TPSA) is 107 Å². The molecule has 0 aromatic heterocycles. The highest BCUT2D eigenvalue weighted by molar-refractivity contribution is 5.91. The first kappa shape index (κ1) is 26.3. The van der Waals surface area contributed by atoms with Crippen LogP contribution >= 0.6 is 0 Å². The molecule has 3 amide bonds. The van der Waals surface area contributed by atoms with Gasteiger partial charge in [-0.2, -0.15) is 0 Å². The molecule has 0 rings (SSSR count). The Morgan fingerprint density at radius 2 is 1.54 bits per heavy atom. The summed E-state index contributed by atoms with van der Waals surface area (Å²) >= 11 is 0. The van der Waals surface area contributed by atoms with Gasteiger partial charge in [0.2, 0.25) is 17.7 Å². The molecule has 0 saturated carbocycles. The van der Waals surface area contributed by atoms with Crippen LogP contribution in [0.25, 0.3) is 0 Å². The number of nitrogens with two attached hydrogens (primary N) is 1. The summed E-state index contributed by atoms with van der Waals surface area (Å²) in [5.74, 6) is -1.12. The van der Waals surface area contributed by atoms with Crippen molar-refractivity contribution in [3.8, 4) is 0 Å². The predicted octanol–water partition coefficient (Wildman–Crippen LogP) is 0.819. The van der Waals surface area contributed by atoms with Crippen LogP contribution in [0, 0.1) is 0 Å². The maximum absolute atomic E-state index is 13.2. The summed E-state index contributed by atoms with van der Waals surface area (Å²) < 4.78 is 0. The molecule has 0 fully saturated rings. The van der Waals surface area contributed by atoms with E-state index in [9.17, 15) is 19.5 Å².